The summed E-state index contributed by atoms with van der Waals surface area (Å²) in [6.45, 7) is 0. The second-order valence-corrected chi connectivity index (χ2v) is 6.14. The van der Waals surface area contributed by atoms with E-state index >= 15 is 0 Å². The predicted octanol–water partition coefficient (Wildman–Crippen LogP) is 3.34. The van der Waals surface area contributed by atoms with Crippen molar-refractivity contribution in [3.63, 3.8) is 0 Å². The lowest BCUT2D eigenvalue weighted by atomic mass is 10.1. The lowest BCUT2D eigenvalue weighted by Gasteiger charge is -2.09. The van der Waals surface area contributed by atoms with Gasteiger partial charge in [0.2, 0.25) is 5.91 Å². The Kier molecular flexibility index (Phi) is 6.21. The summed E-state index contributed by atoms with van der Waals surface area (Å²) in [4.78, 5) is 23.7. The number of amides is 2. The van der Waals surface area contributed by atoms with Crippen LogP contribution in [0.15, 0.2) is 48.5 Å². The fraction of sp³-hybridized carbons (Fsp3) is 0.125. The highest BCUT2D eigenvalue weighted by Gasteiger charge is 2.10. The zero-order valence-electron chi connectivity index (χ0n) is 11.6. The van der Waals surface area contributed by atoms with Gasteiger partial charge in [-0.05, 0) is 52.8 Å². The Hall–Kier alpha value is -1.60. The van der Waals surface area contributed by atoms with Crippen molar-refractivity contribution in [1.29, 1.82) is 0 Å². The van der Waals surface area contributed by atoms with Gasteiger partial charge in [0.15, 0.2) is 0 Å². The summed E-state index contributed by atoms with van der Waals surface area (Å²) in [5.74, 6) is -0.602. The summed E-state index contributed by atoms with van der Waals surface area (Å²) in [7, 11) is 0. The number of hydrazine groups is 1. The molecule has 0 aliphatic heterocycles. The number of rotatable bonds is 4. The number of hydrogen-bond donors (Lipinski definition) is 2. The van der Waals surface area contributed by atoms with Crippen molar-refractivity contribution in [1.82, 2.24) is 10.9 Å². The van der Waals surface area contributed by atoms with Crippen LogP contribution in [0.4, 0.5) is 0 Å². The van der Waals surface area contributed by atoms with E-state index in [4.69, 9.17) is 11.6 Å². The molecule has 0 aliphatic carbocycles. The van der Waals surface area contributed by atoms with E-state index < -0.39 is 0 Å². The van der Waals surface area contributed by atoms with Crippen molar-refractivity contribution in [2.45, 2.75) is 12.8 Å². The van der Waals surface area contributed by atoms with Crippen molar-refractivity contribution in [3.8, 4) is 0 Å². The van der Waals surface area contributed by atoms with Gasteiger partial charge >= 0.3 is 0 Å². The van der Waals surface area contributed by atoms with E-state index in [9.17, 15) is 9.59 Å². The van der Waals surface area contributed by atoms with E-state index in [1.165, 1.54) is 0 Å². The highest BCUT2D eigenvalue weighted by atomic mass is 127. The van der Waals surface area contributed by atoms with Crippen LogP contribution in [0.1, 0.15) is 22.3 Å². The van der Waals surface area contributed by atoms with E-state index in [0.717, 1.165) is 9.13 Å². The van der Waals surface area contributed by atoms with Crippen LogP contribution in [0.25, 0.3) is 0 Å². The molecule has 0 unspecified atom stereocenters. The summed E-state index contributed by atoms with van der Waals surface area (Å²) in [6.07, 6.45) is 0.764. The molecule has 0 saturated carbocycles. The van der Waals surface area contributed by atoms with Crippen molar-refractivity contribution in [2.75, 3.05) is 0 Å². The van der Waals surface area contributed by atoms with E-state index in [0.29, 0.717) is 17.0 Å². The maximum atomic E-state index is 11.9. The minimum absolute atomic E-state index is 0.246. The van der Waals surface area contributed by atoms with Gasteiger partial charge in [-0.25, -0.2) is 0 Å². The molecule has 0 saturated heterocycles. The second kappa shape index (κ2) is 8.14. The number of aryl methyl sites for hydroxylation is 1. The molecule has 0 spiro atoms. The first-order chi connectivity index (χ1) is 10.6. The quantitative estimate of drug-likeness (QED) is 0.580. The highest BCUT2D eigenvalue weighted by Crippen LogP contribution is 2.16. The first kappa shape index (κ1) is 16.8. The summed E-state index contributed by atoms with van der Waals surface area (Å²) in [5.41, 5.74) is 6.26. The van der Waals surface area contributed by atoms with Gasteiger partial charge in [0.25, 0.3) is 5.91 Å². The topological polar surface area (TPSA) is 58.2 Å². The van der Waals surface area contributed by atoms with Gasteiger partial charge in [0.1, 0.15) is 0 Å². The number of hydrogen-bond acceptors (Lipinski definition) is 2. The number of benzene rings is 2. The smallest absolute Gasteiger partial charge is 0.270 e. The molecule has 2 aromatic rings. The van der Waals surface area contributed by atoms with Gasteiger partial charge in [-0.15, -0.1) is 0 Å². The van der Waals surface area contributed by atoms with Crippen LogP contribution < -0.4 is 10.9 Å². The summed E-state index contributed by atoms with van der Waals surface area (Å²) >= 11 is 8.10. The molecule has 2 N–H and O–H groups in total. The third-order valence-corrected chi connectivity index (χ3v) is 4.32. The van der Waals surface area contributed by atoms with E-state index in [-0.39, 0.29) is 18.2 Å². The Labute approximate surface area is 147 Å². The maximum Gasteiger partial charge on any atom is 0.270 e. The fourth-order valence-electron chi connectivity index (χ4n) is 1.85. The molecular weight excluding hydrogens is 415 g/mol. The van der Waals surface area contributed by atoms with Crippen molar-refractivity contribution >= 4 is 46.0 Å². The molecule has 114 valence electrons. The molecule has 0 heterocycles. The van der Waals surface area contributed by atoms with Crippen LogP contribution >= 0.6 is 34.2 Å². The van der Waals surface area contributed by atoms with Gasteiger partial charge in [-0.2, -0.15) is 0 Å². The van der Waals surface area contributed by atoms with Crippen LogP contribution in [0.3, 0.4) is 0 Å². The fourth-order valence-corrected chi connectivity index (χ4v) is 2.71. The molecule has 2 rings (SSSR count). The zero-order valence-corrected chi connectivity index (χ0v) is 14.5. The van der Waals surface area contributed by atoms with Crippen LogP contribution in [0.2, 0.25) is 5.02 Å². The molecule has 0 radical (unpaired) electrons. The molecule has 0 aliphatic rings. The van der Waals surface area contributed by atoms with E-state index in [1.54, 1.807) is 18.2 Å². The Bertz CT molecular complexity index is 691. The average molecular weight is 429 g/mol. The summed E-state index contributed by atoms with van der Waals surface area (Å²) in [5, 5.41) is 0.637. The van der Waals surface area contributed by atoms with Gasteiger partial charge in [-0.1, -0.05) is 41.9 Å². The van der Waals surface area contributed by atoms with Gasteiger partial charge in [0, 0.05) is 15.0 Å². The molecule has 0 atom stereocenters. The number of carbonyl (C=O) groups is 2. The third kappa shape index (κ3) is 4.71. The predicted molar refractivity (Wildman–Crippen MR) is 94.5 cm³/mol. The number of halogens is 2. The monoisotopic (exact) mass is 428 g/mol. The van der Waals surface area contributed by atoms with Crippen LogP contribution in [-0.4, -0.2) is 11.8 Å². The Balaban J connectivity index is 1.82. The number of carbonyl (C=O) groups excluding carboxylic acids is 2. The van der Waals surface area contributed by atoms with Crippen LogP contribution in [-0.2, 0) is 11.2 Å². The van der Waals surface area contributed by atoms with Crippen molar-refractivity contribution in [2.24, 2.45) is 0 Å². The van der Waals surface area contributed by atoms with Crippen LogP contribution in [0.5, 0.6) is 0 Å². The lowest BCUT2D eigenvalue weighted by Crippen LogP contribution is -2.42. The lowest BCUT2D eigenvalue weighted by molar-refractivity contribution is -0.121. The Morgan fingerprint density at radius 1 is 1.00 bits per heavy atom. The van der Waals surface area contributed by atoms with Gasteiger partial charge in [0.05, 0.1) is 5.56 Å². The first-order valence-corrected chi connectivity index (χ1v) is 8.10. The largest absolute Gasteiger partial charge is 0.273 e. The molecule has 2 aromatic carbocycles. The molecule has 6 heteroatoms. The molecule has 4 nitrogen and oxygen atoms in total. The van der Waals surface area contributed by atoms with Crippen molar-refractivity contribution in [3.05, 3.63) is 68.3 Å². The summed E-state index contributed by atoms with van der Waals surface area (Å²) < 4.78 is 0.822. The maximum absolute atomic E-state index is 11.9. The van der Waals surface area contributed by atoms with Crippen LogP contribution in [0, 0.1) is 3.57 Å². The normalized spacial score (nSPS) is 10.1. The molecular formula is C16H14ClIN2O2. The minimum atomic E-state index is -0.337. The highest BCUT2D eigenvalue weighted by molar-refractivity contribution is 14.1. The van der Waals surface area contributed by atoms with Gasteiger partial charge in [-0.3, -0.25) is 20.4 Å². The third-order valence-electron chi connectivity index (χ3n) is 3.01. The van der Waals surface area contributed by atoms with Crippen molar-refractivity contribution < 1.29 is 9.59 Å². The van der Waals surface area contributed by atoms with E-state index in [1.807, 2.05) is 30.3 Å². The Morgan fingerprint density at radius 2 is 1.68 bits per heavy atom. The second-order valence-electron chi connectivity index (χ2n) is 4.57. The standard InChI is InChI=1S/C16H14ClIN2O2/c17-13-7-3-1-5-11(13)9-10-15(21)19-20-16(22)12-6-2-4-8-14(12)18/h1-8H,9-10H2,(H,19,21)(H,20,22). The van der Waals surface area contributed by atoms with Gasteiger partial charge < -0.3 is 0 Å². The molecule has 0 bridgehead atoms. The molecule has 2 amide bonds. The molecule has 0 aromatic heterocycles. The first-order valence-electron chi connectivity index (χ1n) is 6.65. The minimum Gasteiger partial charge on any atom is -0.273 e. The molecule has 22 heavy (non-hydrogen) atoms. The summed E-state index contributed by atoms with van der Waals surface area (Å²) in [6, 6.07) is 14.5. The molecule has 0 fully saturated rings. The zero-order chi connectivity index (χ0) is 15.9. The average Bonchev–Trinajstić information content (AvgIpc) is 2.52. The number of nitrogens with one attached hydrogen (secondary N) is 2. The SMILES string of the molecule is O=C(CCc1ccccc1Cl)NNC(=O)c1ccccc1I. The van der Waals surface area contributed by atoms with E-state index in [2.05, 4.69) is 33.4 Å². The Morgan fingerprint density at radius 3 is 2.41 bits per heavy atom.